The van der Waals surface area contributed by atoms with Crippen LogP contribution in [0.2, 0.25) is 0 Å². The minimum atomic E-state index is -4.53. The van der Waals surface area contributed by atoms with Crippen LogP contribution < -0.4 is 10.6 Å². The van der Waals surface area contributed by atoms with Gasteiger partial charge in [-0.2, -0.15) is 13.2 Å². The van der Waals surface area contributed by atoms with E-state index in [1.54, 1.807) is 6.92 Å². The highest BCUT2D eigenvalue weighted by Crippen LogP contribution is 2.39. The van der Waals surface area contributed by atoms with Gasteiger partial charge in [-0.05, 0) is 68.0 Å². The van der Waals surface area contributed by atoms with Gasteiger partial charge in [-0.3, -0.25) is 0 Å². The first kappa shape index (κ1) is 23.2. The zero-order chi connectivity index (χ0) is 22.8. The summed E-state index contributed by atoms with van der Waals surface area (Å²) in [6, 6.07) is 13.4. The monoisotopic (exact) mass is 450 g/mol. The van der Waals surface area contributed by atoms with Crippen LogP contribution in [0.15, 0.2) is 48.5 Å². The number of nitrogens with one attached hydrogen (secondary N) is 2. The third kappa shape index (κ3) is 4.85. The molecule has 2 aromatic rings. The van der Waals surface area contributed by atoms with Gasteiger partial charge in [-0.25, -0.2) is 4.39 Å². The second-order valence-electron chi connectivity index (χ2n) is 9.16. The Bertz CT molecular complexity index is 900. The fraction of sp³-hybridized carbons (Fsp3) is 0.520. The average Bonchev–Trinajstić information content (AvgIpc) is 3.26. The molecule has 0 saturated carbocycles. The van der Waals surface area contributed by atoms with Gasteiger partial charge < -0.3 is 15.4 Å². The summed E-state index contributed by atoms with van der Waals surface area (Å²) in [5.41, 5.74) is 0.291. The number of ether oxygens (including phenoxy) is 1. The van der Waals surface area contributed by atoms with E-state index in [2.05, 4.69) is 22.8 Å². The van der Waals surface area contributed by atoms with E-state index in [0.717, 1.165) is 50.0 Å². The molecule has 0 aromatic heterocycles. The molecule has 2 saturated heterocycles. The summed E-state index contributed by atoms with van der Waals surface area (Å²) in [7, 11) is 0. The van der Waals surface area contributed by atoms with Crippen molar-refractivity contribution < 1.29 is 22.3 Å². The van der Waals surface area contributed by atoms with Crippen LogP contribution in [0.1, 0.15) is 61.0 Å². The van der Waals surface area contributed by atoms with Crippen molar-refractivity contribution in [3.63, 3.8) is 0 Å². The van der Waals surface area contributed by atoms with E-state index in [9.17, 15) is 17.6 Å². The number of halogens is 4. The third-order valence-electron chi connectivity index (χ3n) is 7.00. The van der Waals surface area contributed by atoms with Gasteiger partial charge in [-0.15, -0.1) is 0 Å². The van der Waals surface area contributed by atoms with Crippen LogP contribution in [0.3, 0.4) is 0 Å². The van der Waals surface area contributed by atoms with Crippen LogP contribution in [0.4, 0.5) is 17.6 Å². The number of benzene rings is 2. The maximum atomic E-state index is 13.3. The molecule has 1 spiro atoms. The van der Waals surface area contributed by atoms with Crippen molar-refractivity contribution >= 4 is 0 Å². The Labute approximate surface area is 186 Å². The quantitative estimate of drug-likeness (QED) is 0.558. The highest BCUT2D eigenvalue weighted by atomic mass is 19.4. The first-order valence-corrected chi connectivity index (χ1v) is 11.2. The van der Waals surface area contributed by atoms with Gasteiger partial charge in [0.05, 0.1) is 23.8 Å². The maximum absolute atomic E-state index is 13.3. The molecule has 2 aromatic carbocycles. The topological polar surface area (TPSA) is 33.3 Å². The van der Waals surface area contributed by atoms with Gasteiger partial charge in [0.2, 0.25) is 0 Å². The fourth-order valence-corrected chi connectivity index (χ4v) is 4.97. The lowest BCUT2D eigenvalue weighted by atomic mass is 9.76. The molecular weight excluding hydrogens is 420 g/mol. The van der Waals surface area contributed by atoms with Gasteiger partial charge in [0.25, 0.3) is 0 Å². The van der Waals surface area contributed by atoms with Crippen LogP contribution in [-0.2, 0) is 23.1 Å². The van der Waals surface area contributed by atoms with Crippen LogP contribution in [-0.4, -0.2) is 25.2 Å². The molecule has 3 nitrogen and oxygen atoms in total. The molecule has 2 aliphatic rings. The number of hydrogen-bond acceptors (Lipinski definition) is 3. The smallest absolute Gasteiger partial charge is 0.372 e. The van der Waals surface area contributed by atoms with E-state index in [-0.39, 0.29) is 11.1 Å². The molecule has 2 aliphatic heterocycles. The van der Waals surface area contributed by atoms with Crippen molar-refractivity contribution in [1.29, 1.82) is 0 Å². The first-order valence-electron chi connectivity index (χ1n) is 11.2. The van der Waals surface area contributed by atoms with Gasteiger partial charge >= 0.3 is 6.18 Å². The number of hydrogen-bond donors (Lipinski definition) is 2. The lowest BCUT2D eigenvalue weighted by molar-refractivity contribution is -0.137. The van der Waals surface area contributed by atoms with Gasteiger partial charge in [-0.1, -0.05) is 36.4 Å². The van der Waals surface area contributed by atoms with Crippen molar-refractivity contribution in [1.82, 2.24) is 10.6 Å². The number of rotatable bonds is 6. The van der Waals surface area contributed by atoms with Crippen LogP contribution in [0.5, 0.6) is 0 Å². The molecule has 0 amide bonds. The summed E-state index contributed by atoms with van der Waals surface area (Å²) in [4.78, 5) is 0. The van der Waals surface area contributed by atoms with Crippen molar-refractivity contribution in [2.45, 2.75) is 62.6 Å². The predicted molar refractivity (Wildman–Crippen MR) is 116 cm³/mol. The Balaban J connectivity index is 1.54. The molecule has 0 radical (unpaired) electrons. The summed E-state index contributed by atoms with van der Waals surface area (Å²) in [5, 5.41) is 7.36. The largest absolute Gasteiger partial charge is 0.416 e. The van der Waals surface area contributed by atoms with E-state index >= 15 is 0 Å². The normalized spacial score (nSPS) is 27.0. The first-order chi connectivity index (χ1) is 15.3. The zero-order valence-corrected chi connectivity index (χ0v) is 18.3. The average molecular weight is 451 g/mol. The Morgan fingerprint density at radius 2 is 1.81 bits per heavy atom. The molecule has 0 aliphatic carbocycles. The number of alkyl halides is 4. The van der Waals surface area contributed by atoms with E-state index in [0.29, 0.717) is 12.2 Å². The Morgan fingerprint density at radius 1 is 1.03 bits per heavy atom. The Kier molecular flexibility index (Phi) is 6.61. The maximum Gasteiger partial charge on any atom is 0.416 e. The summed E-state index contributed by atoms with van der Waals surface area (Å²) in [5.74, 6) is 0. The molecule has 4 rings (SSSR count). The molecule has 0 bridgehead atoms. The SMILES string of the molecule is C[C@@H](OC[C@@]1(c2ccccc2)CCC2(CCCN2)CN1)c1cc(CF)cc(C(F)(F)F)c1. The fourth-order valence-electron chi connectivity index (χ4n) is 4.97. The van der Waals surface area contributed by atoms with E-state index in [4.69, 9.17) is 4.74 Å². The zero-order valence-electron chi connectivity index (χ0n) is 18.3. The van der Waals surface area contributed by atoms with Crippen molar-refractivity contribution in [2.75, 3.05) is 19.7 Å². The summed E-state index contributed by atoms with van der Waals surface area (Å²) in [6.07, 6.45) is -0.973. The minimum absolute atomic E-state index is 0.00749. The molecule has 174 valence electrons. The highest BCUT2D eigenvalue weighted by Gasteiger charge is 2.45. The second-order valence-corrected chi connectivity index (χ2v) is 9.16. The van der Waals surface area contributed by atoms with Gasteiger partial charge in [0, 0.05) is 12.1 Å². The molecule has 1 unspecified atom stereocenters. The van der Waals surface area contributed by atoms with Crippen LogP contribution >= 0.6 is 0 Å². The van der Waals surface area contributed by atoms with Crippen LogP contribution in [0, 0.1) is 0 Å². The summed E-state index contributed by atoms with van der Waals surface area (Å²) < 4.78 is 59.2. The third-order valence-corrected chi connectivity index (χ3v) is 7.00. The highest BCUT2D eigenvalue weighted by molar-refractivity contribution is 5.33. The molecular formula is C25H30F4N2O. The van der Waals surface area contributed by atoms with Crippen molar-refractivity contribution in [2.24, 2.45) is 0 Å². The number of piperidine rings is 1. The molecule has 2 heterocycles. The Morgan fingerprint density at radius 3 is 2.41 bits per heavy atom. The molecule has 7 heteroatoms. The minimum Gasteiger partial charge on any atom is -0.372 e. The van der Waals surface area contributed by atoms with Crippen molar-refractivity contribution in [3.8, 4) is 0 Å². The molecule has 2 fully saturated rings. The standard InChI is InChI=1S/C25H30F4N2O/c1-18(20-12-19(15-26)13-22(14-20)25(27,28)29)32-17-24(21-6-3-2-4-7-21)10-9-23(16-31-24)8-5-11-30-23/h2-4,6-7,12-14,18,30-31H,5,8-11,15-17H2,1H3/t18-,23?,24-/m1/s1. The van der Waals surface area contributed by atoms with Gasteiger partial charge in [0.15, 0.2) is 0 Å². The molecule has 3 atom stereocenters. The summed E-state index contributed by atoms with van der Waals surface area (Å²) in [6.45, 7) is 2.93. The van der Waals surface area contributed by atoms with E-state index < -0.39 is 30.1 Å². The predicted octanol–water partition coefficient (Wildman–Crippen LogP) is 5.65. The van der Waals surface area contributed by atoms with E-state index in [1.165, 1.54) is 12.5 Å². The van der Waals surface area contributed by atoms with Gasteiger partial charge in [0.1, 0.15) is 6.67 Å². The lowest BCUT2D eigenvalue weighted by Crippen LogP contribution is -2.61. The second kappa shape index (κ2) is 9.12. The molecule has 2 N–H and O–H groups in total. The van der Waals surface area contributed by atoms with Crippen LogP contribution in [0.25, 0.3) is 0 Å². The lowest BCUT2D eigenvalue weighted by Gasteiger charge is -2.46. The Hall–Kier alpha value is -1.96. The molecule has 32 heavy (non-hydrogen) atoms. The van der Waals surface area contributed by atoms with E-state index in [1.807, 2.05) is 18.2 Å². The van der Waals surface area contributed by atoms with Crippen molar-refractivity contribution in [3.05, 3.63) is 70.8 Å². The summed E-state index contributed by atoms with van der Waals surface area (Å²) >= 11 is 0.